The SMILES string of the molecule is CCCC(NC(=O)CCc1ccc(Cl)s1)C(=O)Nc1cccc(N2CCCC2)c1. The fourth-order valence-electron chi connectivity index (χ4n) is 3.53. The minimum atomic E-state index is -0.533. The first kappa shape index (κ1) is 21.7. The highest BCUT2D eigenvalue weighted by Crippen LogP contribution is 2.24. The third-order valence-electron chi connectivity index (χ3n) is 5.04. The summed E-state index contributed by atoms with van der Waals surface area (Å²) in [5.74, 6) is -0.285. The molecule has 29 heavy (non-hydrogen) atoms. The van der Waals surface area contributed by atoms with Gasteiger partial charge < -0.3 is 15.5 Å². The topological polar surface area (TPSA) is 61.4 Å². The Balaban J connectivity index is 1.55. The molecule has 0 bridgehead atoms. The minimum absolute atomic E-state index is 0.117. The van der Waals surface area contributed by atoms with Crippen molar-refractivity contribution in [1.82, 2.24) is 5.32 Å². The van der Waals surface area contributed by atoms with Crippen molar-refractivity contribution < 1.29 is 9.59 Å². The molecule has 2 amide bonds. The molecule has 1 aliphatic heterocycles. The van der Waals surface area contributed by atoms with Crippen LogP contribution in [0, 0.1) is 0 Å². The molecular formula is C22H28ClN3O2S. The van der Waals surface area contributed by atoms with E-state index in [-0.39, 0.29) is 11.8 Å². The van der Waals surface area contributed by atoms with E-state index in [4.69, 9.17) is 11.6 Å². The molecule has 7 heteroatoms. The maximum Gasteiger partial charge on any atom is 0.246 e. The summed E-state index contributed by atoms with van der Waals surface area (Å²) in [5.41, 5.74) is 1.90. The van der Waals surface area contributed by atoms with E-state index in [1.807, 2.05) is 37.3 Å². The molecule has 1 aromatic carbocycles. The smallest absolute Gasteiger partial charge is 0.246 e. The van der Waals surface area contributed by atoms with E-state index in [9.17, 15) is 9.59 Å². The molecule has 1 aromatic heterocycles. The van der Waals surface area contributed by atoms with Crippen LogP contribution in [0.25, 0.3) is 0 Å². The zero-order valence-electron chi connectivity index (χ0n) is 16.7. The van der Waals surface area contributed by atoms with Gasteiger partial charge in [-0.25, -0.2) is 0 Å². The van der Waals surface area contributed by atoms with Crippen molar-refractivity contribution in [2.45, 2.75) is 51.5 Å². The van der Waals surface area contributed by atoms with Gasteiger partial charge in [-0.1, -0.05) is 31.0 Å². The van der Waals surface area contributed by atoms with Gasteiger partial charge in [0, 0.05) is 35.8 Å². The second-order valence-electron chi connectivity index (χ2n) is 7.35. The quantitative estimate of drug-likeness (QED) is 0.593. The molecule has 156 valence electrons. The van der Waals surface area contributed by atoms with Crippen LogP contribution in [-0.2, 0) is 16.0 Å². The number of amides is 2. The molecule has 2 N–H and O–H groups in total. The van der Waals surface area contributed by atoms with Gasteiger partial charge in [-0.3, -0.25) is 9.59 Å². The molecule has 1 unspecified atom stereocenters. The van der Waals surface area contributed by atoms with Gasteiger partial charge in [-0.05, 0) is 56.0 Å². The number of nitrogens with one attached hydrogen (secondary N) is 2. The van der Waals surface area contributed by atoms with E-state index in [0.29, 0.717) is 19.3 Å². The summed E-state index contributed by atoms with van der Waals surface area (Å²) in [6.45, 7) is 4.12. The van der Waals surface area contributed by atoms with Crippen LogP contribution in [0.3, 0.4) is 0 Å². The summed E-state index contributed by atoms with van der Waals surface area (Å²) in [6, 6.07) is 11.2. The van der Waals surface area contributed by atoms with Crippen molar-refractivity contribution in [3.8, 4) is 0 Å². The van der Waals surface area contributed by atoms with Crippen LogP contribution in [0.15, 0.2) is 36.4 Å². The summed E-state index contributed by atoms with van der Waals surface area (Å²) in [4.78, 5) is 28.6. The van der Waals surface area contributed by atoms with Gasteiger partial charge in [0.05, 0.1) is 4.34 Å². The Kier molecular flexibility index (Phi) is 7.95. The van der Waals surface area contributed by atoms with Crippen LogP contribution in [0.1, 0.15) is 43.9 Å². The fraction of sp³-hybridized carbons (Fsp3) is 0.455. The van der Waals surface area contributed by atoms with Crippen LogP contribution < -0.4 is 15.5 Å². The van der Waals surface area contributed by atoms with E-state index in [0.717, 1.165) is 40.1 Å². The van der Waals surface area contributed by atoms with Crippen molar-refractivity contribution in [1.29, 1.82) is 0 Å². The van der Waals surface area contributed by atoms with Crippen molar-refractivity contribution in [3.05, 3.63) is 45.6 Å². The van der Waals surface area contributed by atoms with Crippen LogP contribution >= 0.6 is 22.9 Å². The van der Waals surface area contributed by atoms with Gasteiger partial charge in [-0.2, -0.15) is 0 Å². The van der Waals surface area contributed by atoms with E-state index >= 15 is 0 Å². The lowest BCUT2D eigenvalue weighted by molar-refractivity contribution is -0.126. The predicted molar refractivity (Wildman–Crippen MR) is 121 cm³/mol. The number of hydrogen-bond donors (Lipinski definition) is 2. The summed E-state index contributed by atoms with van der Waals surface area (Å²) >= 11 is 7.42. The average Bonchev–Trinajstić information content (AvgIpc) is 3.38. The number of rotatable bonds is 9. The number of benzene rings is 1. The van der Waals surface area contributed by atoms with Gasteiger partial charge in [0.25, 0.3) is 0 Å². The Labute approximate surface area is 181 Å². The molecule has 0 saturated carbocycles. The first-order chi connectivity index (χ1) is 14.0. The number of hydrogen-bond acceptors (Lipinski definition) is 4. The molecule has 0 spiro atoms. The highest BCUT2D eigenvalue weighted by atomic mass is 35.5. The van der Waals surface area contributed by atoms with Crippen LogP contribution in [0.5, 0.6) is 0 Å². The summed E-state index contributed by atoms with van der Waals surface area (Å²) in [5, 5.41) is 5.87. The van der Waals surface area contributed by atoms with Crippen molar-refractivity contribution in [3.63, 3.8) is 0 Å². The second kappa shape index (κ2) is 10.6. The lowest BCUT2D eigenvalue weighted by Gasteiger charge is -2.20. The maximum absolute atomic E-state index is 12.8. The normalized spacial score (nSPS) is 14.6. The number of carbonyl (C=O) groups excluding carboxylic acids is 2. The second-order valence-corrected chi connectivity index (χ2v) is 9.15. The predicted octanol–water partition coefficient (Wildman–Crippen LogP) is 4.86. The Morgan fingerprint density at radius 3 is 2.69 bits per heavy atom. The largest absolute Gasteiger partial charge is 0.371 e. The number of halogens is 1. The number of anilines is 2. The molecular weight excluding hydrogens is 406 g/mol. The van der Waals surface area contributed by atoms with Crippen LogP contribution in [-0.4, -0.2) is 30.9 Å². The average molecular weight is 434 g/mol. The van der Waals surface area contributed by atoms with Gasteiger partial charge in [0.2, 0.25) is 11.8 Å². The van der Waals surface area contributed by atoms with Gasteiger partial charge in [0.15, 0.2) is 0 Å². The fourth-order valence-corrected chi connectivity index (χ4v) is 4.62. The zero-order chi connectivity index (χ0) is 20.6. The molecule has 3 rings (SSSR count). The summed E-state index contributed by atoms with van der Waals surface area (Å²) in [7, 11) is 0. The molecule has 0 radical (unpaired) electrons. The van der Waals surface area contributed by atoms with Crippen LogP contribution in [0.2, 0.25) is 4.34 Å². The number of nitrogens with zero attached hydrogens (tertiary/aromatic N) is 1. The lowest BCUT2D eigenvalue weighted by atomic mass is 10.1. The number of aryl methyl sites for hydroxylation is 1. The summed E-state index contributed by atoms with van der Waals surface area (Å²) in [6.07, 6.45) is 4.80. The van der Waals surface area contributed by atoms with E-state index in [1.165, 1.54) is 24.2 Å². The molecule has 1 atom stereocenters. The Morgan fingerprint density at radius 2 is 2.00 bits per heavy atom. The molecule has 1 aliphatic rings. The monoisotopic (exact) mass is 433 g/mol. The summed E-state index contributed by atoms with van der Waals surface area (Å²) < 4.78 is 0.722. The minimum Gasteiger partial charge on any atom is -0.371 e. The van der Waals surface area contributed by atoms with Crippen LogP contribution in [0.4, 0.5) is 11.4 Å². The van der Waals surface area contributed by atoms with E-state index < -0.39 is 6.04 Å². The van der Waals surface area contributed by atoms with E-state index in [1.54, 1.807) is 0 Å². The van der Waals surface area contributed by atoms with Gasteiger partial charge >= 0.3 is 0 Å². The van der Waals surface area contributed by atoms with Gasteiger partial charge in [-0.15, -0.1) is 11.3 Å². The van der Waals surface area contributed by atoms with Crippen molar-refractivity contribution in [2.24, 2.45) is 0 Å². The Bertz CT molecular complexity index is 833. The first-order valence-corrected chi connectivity index (χ1v) is 11.4. The first-order valence-electron chi connectivity index (χ1n) is 10.2. The third kappa shape index (κ3) is 6.47. The number of carbonyl (C=O) groups is 2. The standard InChI is InChI=1S/C22H28ClN3O2S/c1-2-6-19(25-21(27)12-10-18-9-11-20(23)29-18)22(28)24-16-7-5-8-17(15-16)26-13-3-4-14-26/h5,7-9,11,15,19H,2-4,6,10,12-14H2,1H3,(H,24,28)(H,25,27). The van der Waals surface area contributed by atoms with Crippen molar-refractivity contribution >= 4 is 46.1 Å². The zero-order valence-corrected chi connectivity index (χ0v) is 18.3. The van der Waals surface area contributed by atoms with Crippen molar-refractivity contribution in [2.75, 3.05) is 23.3 Å². The van der Waals surface area contributed by atoms with E-state index in [2.05, 4.69) is 21.6 Å². The van der Waals surface area contributed by atoms with Gasteiger partial charge in [0.1, 0.15) is 6.04 Å². The maximum atomic E-state index is 12.8. The molecule has 1 fully saturated rings. The molecule has 0 aliphatic carbocycles. The highest BCUT2D eigenvalue weighted by molar-refractivity contribution is 7.16. The molecule has 1 saturated heterocycles. The Morgan fingerprint density at radius 1 is 1.21 bits per heavy atom. The lowest BCUT2D eigenvalue weighted by Crippen LogP contribution is -2.43. The number of thiophene rings is 1. The Hall–Kier alpha value is -2.05. The molecule has 5 nitrogen and oxygen atoms in total. The molecule has 2 aromatic rings. The third-order valence-corrected chi connectivity index (χ3v) is 6.33. The highest BCUT2D eigenvalue weighted by Gasteiger charge is 2.20. The molecule has 2 heterocycles.